The van der Waals surface area contributed by atoms with Crippen LogP contribution in [-0.2, 0) is 11.2 Å². The number of hydrogen-bond acceptors (Lipinski definition) is 5. The van der Waals surface area contributed by atoms with Crippen molar-refractivity contribution in [1.29, 1.82) is 0 Å². The van der Waals surface area contributed by atoms with Crippen LogP contribution in [0.1, 0.15) is 5.56 Å². The Morgan fingerprint density at radius 2 is 1.91 bits per heavy atom. The Morgan fingerprint density at radius 3 is 2.70 bits per heavy atom. The SMILES string of the molecule is COc1ccc(OC)c(CC(=O)Nc2ccc3c(c2)OCO3)c1. The predicted molar refractivity (Wildman–Crippen MR) is 84.4 cm³/mol. The van der Waals surface area contributed by atoms with E-state index < -0.39 is 0 Å². The van der Waals surface area contributed by atoms with Gasteiger partial charge in [0, 0.05) is 17.3 Å². The van der Waals surface area contributed by atoms with Gasteiger partial charge in [0.05, 0.1) is 20.6 Å². The number of anilines is 1. The van der Waals surface area contributed by atoms with Gasteiger partial charge in [-0.2, -0.15) is 0 Å². The van der Waals surface area contributed by atoms with Gasteiger partial charge in [-0.1, -0.05) is 0 Å². The lowest BCUT2D eigenvalue weighted by Gasteiger charge is -2.11. The van der Waals surface area contributed by atoms with Gasteiger partial charge in [-0.05, 0) is 30.3 Å². The molecule has 3 rings (SSSR count). The van der Waals surface area contributed by atoms with Crippen LogP contribution < -0.4 is 24.3 Å². The Bertz CT molecular complexity index is 729. The summed E-state index contributed by atoms with van der Waals surface area (Å²) in [6, 6.07) is 10.6. The van der Waals surface area contributed by atoms with Gasteiger partial charge in [-0.3, -0.25) is 4.79 Å². The first-order chi connectivity index (χ1) is 11.2. The minimum Gasteiger partial charge on any atom is -0.497 e. The molecular weight excluding hydrogens is 298 g/mol. The molecule has 2 aromatic rings. The first kappa shape index (κ1) is 15.0. The fourth-order valence-electron chi connectivity index (χ4n) is 2.37. The lowest BCUT2D eigenvalue weighted by Crippen LogP contribution is -2.15. The summed E-state index contributed by atoms with van der Waals surface area (Å²) >= 11 is 0. The molecule has 1 N–H and O–H groups in total. The normalized spacial score (nSPS) is 11.9. The molecule has 0 radical (unpaired) electrons. The number of hydrogen-bond donors (Lipinski definition) is 1. The molecule has 1 aliphatic rings. The molecule has 120 valence electrons. The lowest BCUT2D eigenvalue weighted by atomic mass is 10.1. The minimum atomic E-state index is -0.157. The number of ether oxygens (including phenoxy) is 4. The van der Waals surface area contributed by atoms with Crippen molar-refractivity contribution in [3.05, 3.63) is 42.0 Å². The fourth-order valence-corrected chi connectivity index (χ4v) is 2.37. The summed E-state index contributed by atoms with van der Waals surface area (Å²) in [4.78, 5) is 12.3. The van der Waals surface area contributed by atoms with Gasteiger partial charge in [-0.15, -0.1) is 0 Å². The van der Waals surface area contributed by atoms with Gasteiger partial charge in [0.15, 0.2) is 11.5 Å². The highest BCUT2D eigenvalue weighted by atomic mass is 16.7. The minimum absolute atomic E-state index is 0.157. The smallest absolute Gasteiger partial charge is 0.231 e. The van der Waals surface area contributed by atoms with E-state index in [1.54, 1.807) is 50.6 Å². The molecule has 0 fully saturated rings. The number of fused-ring (bicyclic) bond motifs is 1. The maximum atomic E-state index is 12.3. The zero-order valence-corrected chi connectivity index (χ0v) is 12.9. The Labute approximate surface area is 133 Å². The van der Waals surface area contributed by atoms with E-state index in [2.05, 4.69) is 5.32 Å². The largest absolute Gasteiger partial charge is 0.497 e. The maximum Gasteiger partial charge on any atom is 0.231 e. The number of carbonyl (C=O) groups excluding carboxylic acids is 1. The van der Waals surface area contributed by atoms with Crippen molar-refractivity contribution in [3.63, 3.8) is 0 Å². The second-order valence-electron chi connectivity index (χ2n) is 4.97. The average molecular weight is 315 g/mol. The van der Waals surface area contributed by atoms with Gasteiger partial charge >= 0.3 is 0 Å². The van der Waals surface area contributed by atoms with Crippen molar-refractivity contribution < 1.29 is 23.7 Å². The molecule has 6 nitrogen and oxygen atoms in total. The van der Waals surface area contributed by atoms with Crippen molar-refractivity contribution in [2.75, 3.05) is 26.3 Å². The highest BCUT2D eigenvalue weighted by Crippen LogP contribution is 2.34. The van der Waals surface area contributed by atoms with Crippen molar-refractivity contribution in [3.8, 4) is 23.0 Å². The third-order valence-corrected chi connectivity index (χ3v) is 3.49. The van der Waals surface area contributed by atoms with Gasteiger partial charge in [0.25, 0.3) is 0 Å². The summed E-state index contributed by atoms with van der Waals surface area (Å²) in [6.07, 6.45) is 0.175. The second kappa shape index (κ2) is 6.48. The third-order valence-electron chi connectivity index (χ3n) is 3.49. The van der Waals surface area contributed by atoms with E-state index in [9.17, 15) is 4.79 Å². The number of amides is 1. The van der Waals surface area contributed by atoms with Crippen molar-refractivity contribution in [1.82, 2.24) is 0 Å². The number of carbonyl (C=O) groups is 1. The van der Waals surface area contributed by atoms with Crippen molar-refractivity contribution in [2.24, 2.45) is 0 Å². The number of benzene rings is 2. The second-order valence-corrected chi connectivity index (χ2v) is 4.97. The summed E-state index contributed by atoms with van der Waals surface area (Å²) in [5.74, 6) is 2.47. The van der Waals surface area contributed by atoms with E-state index in [4.69, 9.17) is 18.9 Å². The highest BCUT2D eigenvalue weighted by Gasteiger charge is 2.15. The molecule has 0 saturated carbocycles. The summed E-state index contributed by atoms with van der Waals surface area (Å²) in [6.45, 7) is 0.202. The first-order valence-corrected chi connectivity index (χ1v) is 7.10. The molecule has 0 atom stereocenters. The molecule has 1 aliphatic heterocycles. The predicted octanol–water partition coefficient (Wildman–Crippen LogP) is 2.61. The third kappa shape index (κ3) is 3.31. The van der Waals surface area contributed by atoms with Crippen LogP contribution in [-0.4, -0.2) is 26.9 Å². The van der Waals surface area contributed by atoms with Gasteiger partial charge < -0.3 is 24.3 Å². The Kier molecular flexibility index (Phi) is 4.23. The number of rotatable bonds is 5. The number of methoxy groups -OCH3 is 2. The van der Waals surface area contributed by atoms with Crippen LogP contribution in [0.2, 0.25) is 0 Å². The zero-order valence-electron chi connectivity index (χ0n) is 12.9. The Balaban J connectivity index is 1.72. The van der Waals surface area contributed by atoms with Gasteiger partial charge in [0.2, 0.25) is 12.7 Å². The van der Waals surface area contributed by atoms with Crippen LogP contribution in [0, 0.1) is 0 Å². The molecule has 0 spiro atoms. The molecule has 23 heavy (non-hydrogen) atoms. The summed E-state index contributed by atoms with van der Waals surface area (Å²) in [7, 11) is 3.15. The van der Waals surface area contributed by atoms with Crippen molar-refractivity contribution >= 4 is 11.6 Å². The first-order valence-electron chi connectivity index (χ1n) is 7.10. The molecule has 0 bridgehead atoms. The van der Waals surface area contributed by atoms with Crippen LogP contribution in [0.25, 0.3) is 0 Å². The fraction of sp³-hybridized carbons (Fsp3) is 0.235. The van der Waals surface area contributed by atoms with E-state index in [1.165, 1.54) is 0 Å². The monoisotopic (exact) mass is 315 g/mol. The molecule has 2 aromatic carbocycles. The topological polar surface area (TPSA) is 66.0 Å². The van der Waals surface area contributed by atoms with E-state index in [-0.39, 0.29) is 19.1 Å². The van der Waals surface area contributed by atoms with E-state index in [1.807, 2.05) is 0 Å². The molecular formula is C17H17NO5. The zero-order chi connectivity index (χ0) is 16.2. The molecule has 1 amide bonds. The highest BCUT2D eigenvalue weighted by molar-refractivity contribution is 5.93. The number of nitrogens with one attached hydrogen (secondary N) is 1. The van der Waals surface area contributed by atoms with Gasteiger partial charge in [0.1, 0.15) is 11.5 Å². The van der Waals surface area contributed by atoms with Crippen LogP contribution in [0.5, 0.6) is 23.0 Å². The van der Waals surface area contributed by atoms with Gasteiger partial charge in [-0.25, -0.2) is 0 Å². The van der Waals surface area contributed by atoms with E-state index >= 15 is 0 Å². The van der Waals surface area contributed by atoms with Crippen LogP contribution in [0.15, 0.2) is 36.4 Å². The molecule has 1 heterocycles. The standard InChI is InChI=1S/C17H17NO5/c1-20-13-4-6-14(21-2)11(7-13)8-17(19)18-12-3-5-15-16(9-12)23-10-22-15/h3-7,9H,8,10H2,1-2H3,(H,18,19). The van der Waals surface area contributed by atoms with E-state index in [0.717, 1.165) is 5.56 Å². The lowest BCUT2D eigenvalue weighted by molar-refractivity contribution is -0.115. The van der Waals surface area contributed by atoms with Crippen LogP contribution in [0.3, 0.4) is 0 Å². The Morgan fingerprint density at radius 1 is 1.09 bits per heavy atom. The summed E-state index contributed by atoms with van der Waals surface area (Å²) in [5.41, 5.74) is 1.41. The van der Waals surface area contributed by atoms with Crippen LogP contribution >= 0.6 is 0 Å². The summed E-state index contributed by atoms with van der Waals surface area (Å²) in [5, 5.41) is 2.84. The molecule has 0 unspecified atom stereocenters. The van der Waals surface area contributed by atoms with Crippen LogP contribution in [0.4, 0.5) is 5.69 Å². The van der Waals surface area contributed by atoms with E-state index in [0.29, 0.717) is 28.7 Å². The quantitative estimate of drug-likeness (QED) is 0.919. The molecule has 6 heteroatoms. The Hall–Kier alpha value is -2.89. The van der Waals surface area contributed by atoms with Crippen molar-refractivity contribution in [2.45, 2.75) is 6.42 Å². The summed E-state index contributed by atoms with van der Waals surface area (Å²) < 4.78 is 21.0. The maximum absolute atomic E-state index is 12.3. The average Bonchev–Trinajstić information content (AvgIpc) is 3.02. The molecule has 0 saturated heterocycles. The molecule has 0 aromatic heterocycles. The molecule has 0 aliphatic carbocycles.